The summed E-state index contributed by atoms with van der Waals surface area (Å²) in [4.78, 5) is 13.6. The van der Waals surface area contributed by atoms with E-state index in [9.17, 15) is 28.1 Å². The minimum Gasteiger partial charge on any atom is -0.394 e. The molecule has 41 heavy (non-hydrogen) atoms. The smallest absolute Gasteiger partial charge is 0.254 e. The molecular weight excluding hydrogens is 559 g/mol. The largest absolute Gasteiger partial charge is 0.394 e. The minimum absolute atomic E-state index is 0.0272. The Morgan fingerprint density at radius 2 is 1.95 bits per heavy atom. The van der Waals surface area contributed by atoms with Gasteiger partial charge in [0, 0.05) is 18.7 Å². The minimum atomic E-state index is -4.08. The lowest BCUT2D eigenvalue weighted by Gasteiger charge is -2.18. The van der Waals surface area contributed by atoms with Crippen LogP contribution in [0.25, 0.3) is 17.1 Å². The third kappa shape index (κ3) is 5.29. The lowest BCUT2D eigenvalue weighted by molar-refractivity contribution is -0.0511. The predicted octanol–water partition coefficient (Wildman–Crippen LogP) is 0.355. The van der Waals surface area contributed by atoms with Crippen molar-refractivity contribution < 1.29 is 32.9 Å². The highest BCUT2D eigenvalue weighted by molar-refractivity contribution is 7.89. The second-order valence-electron chi connectivity index (χ2n) is 10.3. The maximum absolute atomic E-state index is 14.0. The second-order valence-corrected chi connectivity index (χ2v) is 11.8. The Labute approximate surface area is 233 Å². The maximum atomic E-state index is 14.0. The van der Waals surface area contributed by atoms with Crippen molar-refractivity contribution in [1.82, 2.24) is 29.3 Å². The number of halogens is 1. The first-order valence-corrected chi connectivity index (χ1v) is 14.7. The van der Waals surface area contributed by atoms with E-state index in [1.54, 1.807) is 6.20 Å². The summed E-state index contributed by atoms with van der Waals surface area (Å²) in [7, 11) is -4.08. The molecule has 0 spiro atoms. The van der Waals surface area contributed by atoms with Gasteiger partial charge in [-0.25, -0.2) is 27.6 Å². The van der Waals surface area contributed by atoms with E-state index in [2.05, 4.69) is 25.4 Å². The number of aromatic nitrogens is 6. The Kier molecular flexibility index (Phi) is 7.21. The van der Waals surface area contributed by atoms with Gasteiger partial charge in [0.15, 0.2) is 23.2 Å². The van der Waals surface area contributed by atoms with E-state index in [1.165, 1.54) is 21.8 Å². The number of anilines is 1. The fourth-order valence-corrected chi connectivity index (χ4v) is 6.17. The molecule has 0 bridgehead atoms. The fourth-order valence-electron chi connectivity index (χ4n) is 5.41. The van der Waals surface area contributed by atoms with Gasteiger partial charge in [0.05, 0.1) is 24.0 Å². The molecule has 0 radical (unpaired) electrons. The molecule has 3 aromatic heterocycles. The van der Waals surface area contributed by atoms with Crippen LogP contribution in [-0.4, -0.2) is 84.0 Å². The highest BCUT2D eigenvalue weighted by atomic mass is 32.2. The molecule has 1 aliphatic carbocycles. The number of nitrogens with one attached hydrogen (secondary N) is 1. The van der Waals surface area contributed by atoms with Gasteiger partial charge in [-0.3, -0.25) is 4.57 Å². The lowest BCUT2D eigenvalue weighted by Crippen LogP contribution is -2.33. The van der Waals surface area contributed by atoms with Crippen LogP contribution in [0.15, 0.2) is 41.8 Å². The van der Waals surface area contributed by atoms with Crippen molar-refractivity contribution in [2.45, 2.75) is 67.6 Å². The first-order valence-electron chi connectivity index (χ1n) is 13.1. The number of benzene rings is 1. The van der Waals surface area contributed by atoms with Crippen LogP contribution in [0.1, 0.15) is 43.0 Å². The Hall–Kier alpha value is -3.54. The van der Waals surface area contributed by atoms with Crippen LogP contribution >= 0.6 is 0 Å². The first-order chi connectivity index (χ1) is 19.6. The summed E-state index contributed by atoms with van der Waals surface area (Å²) in [5, 5.41) is 43.6. The maximum Gasteiger partial charge on any atom is 0.254 e. The van der Waals surface area contributed by atoms with Crippen molar-refractivity contribution in [3.05, 3.63) is 53.9 Å². The van der Waals surface area contributed by atoms with Crippen molar-refractivity contribution in [2.24, 2.45) is 5.14 Å². The van der Waals surface area contributed by atoms with E-state index in [-0.39, 0.29) is 28.9 Å². The molecule has 1 aromatic carbocycles. The van der Waals surface area contributed by atoms with Gasteiger partial charge in [-0.15, -0.1) is 0 Å². The summed E-state index contributed by atoms with van der Waals surface area (Å²) < 4.78 is 46.6. The zero-order valence-corrected chi connectivity index (χ0v) is 22.5. The molecule has 218 valence electrons. The molecule has 6 N–H and O–H groups in total. The van der Waals surface area contributed by atoms with Gasteiger partial charge in [0.25, 0.3) is 5.95 Å². The van der Waals surface area contributed by atoms with Gasteiger partial charge in [-0.1, -0.05) is 12.8 Å². The number of aliphatic hydroxyl groups is 3. The monoisotopic (exact) mass is 588 g/mol. The number of aliphatic hydroxyl groups excluding tert-OH is 3. The number of imidazole rings is 1. The molecule has 14 nitrogen and oxygen atoms in total. The van der Waals surface area contributed by atoms with Gasteiger partial charge in [-0.05, 0) is 42.2 Å². The van der Waals surface area contributed by atoms with E-state index in [4.69, 9.17) is 9.88 Å². The van der Waals surface area contributed by atoms with Crippen molar-refractivity contribution >= 4 is 27.0 Å². The number of nitrogens with zero attached hydrogens (tertiary/aromatic N) is 6. The van der Waals surface area contributed by atoms with E-state index in [0.29, 0.717) is 22.5 Å². The average molecular weight is 589 g/mol. The number of nitrogens with two attached hydrogens (primary N) is 1. The van der Waals surface area contributed by atoms with Gasteiger partial charge in [0.2, 0.25) is 10.0 Å². The molecule has 16 heteroatoms. The number of sulfonamides is 1. The third-order valence-corrected chi connectivity index (χ3v) is 8.47. The number of fused-ring (bicyclic) bond motifs is 1. The van der Waals surface area contributed by atoms with Crippen molar-refractivity contribution in [2.75, 3.05) is 11.9 Å². The van der Waals surface area contributed by atoms with Gasteiger partial charge < -0.3 is 25.4 Å². The lowest BCUT2D eigenvalue weighted by atomic mass is 10.1. The van der Waals surface area contributed by atoms with Crippen LogP contribution in [0.4, 0.5) is 10.2 Å². The molecule has 1 saturated carbocycles. The Balaban J connectivity index is 1.39. The number of rotatable bonds is 8. The molecule has 4 atom stereocenters. The Bertz CT molecular complexity index is 1690. The predicted molar refractivity (Wildman–Crippen MR) is 142 cm³/mol. The number of hydrogen-bond acceptors (Lipinski definition) is 11. The summed E-state index contributed by atoms with van der Waals surface area (Å²) in [6.07, 6.45) is 3.92. The molecular formula is C25H29FN8O6S. The first kappa shape index (κ1) is 27.6. The van der Waals surface area contributed by atoms with Crippen molar-refractivity contribution in [1.29, 1.82) is 0 Å². The van der Waals surface area contributed by atoms with Crippen LogP contribution in [0, 0.1) is 5.82 Å². The van der Waals surface area contributed by atoms with E-state index < -0.39 is 47.0 Å². The zero-order chi connectivity index (χ0) is 28.9. The molecule has 2 aliphatic rings. The summed E-state index contributed by atoms with van der Waals surface area (Å²) >= 11 is 0. The second kappa shape index (κ2) is 10.7. The molecule has 2 unspecified atom stereocenters. The fraction of sp³-hybridized carbons (Fsp3) is 0.440. The molecule has 6 rings (SSSR count). The summed E-state index contributed by atoms with van der Waals surface area (Å²) in [5.41, 5.74) is 1.44. The molecule has 2 fully saturated rings. The summed E-state index contributed by atoms with van der Waals surface area (Å²) in [5.74, 6) is -0.0147. The standard InChI is InChI=1S/C25H29FN8O6S/c26-15-5-6-18(41(27,38)39)14(8-15)7-13-9-29-34(10-13)25-31-22(30-16-3-1-2-4-16)19-23(32-25)33(12-28-19)24-21(37)20(36)17(11-35)40-24/h5-6,8-10,12,16-17,20-21,24,35-37H,1-4,7,11H2,(H2,27,38,39)(H,30,31,32)/t17-,20?,21?,24-/m1/s1. The highest BCUT2D eigenvalue weighted by Crippen LogP contribution is 2.33. The van der Waals surface area contributed by atoms with Crippen LogP contribution < -0.4 is 10.5 Å². The summed E-state index contributed by atoms with van der Waals surface area (Å²) in [6.45, 7) is -0.482. The Morgan fingerprint density at radius 3 is 2.66 bits per heavy atom. The third-order valence-electron chi connectivity index (χ3n) is 7.46. The van der Waals surface area contributed by atoms with E-state index in [1.807, 2.05) is 0 Å². The molecule has 4 aromatic rings. The molecule has 1 saturated heterocycles. The average Bonchev–Trinajstić information content (AvgIpc) is 3.72. The molecule has 1 aliphatic heterocycles. The topological polar surface area (TPSA) is 204 Å². The van der Waals surface area contributed by atoms with Crippen molar-refractivity contribution in [3.63, 3.8) is 0 Å². The van der Waals surface area contributed by atoms with Crippen molar-refractivity contribution in [3.8, 4) is 5.95 Å². The van der Waals surface area contributed by atoms with Gasteiger partial charge in [-0.2, -0.15) is 15.1 Å². The van der Waals surface area contributed by atoms with Crippen LogP contribution in [0.3, 0.4) is 0 Å². The Morgan fingerprint density at radius 1 is 1.17 bits per heavy atom. The van der Waals surface area contributed by atoms with Gasteiger partial charge >= 0.3 is 0 Å². The van der Waals surface area contributed by atoms with Crippen LogP contribution in [0.2, 0.25) is 0 Å². The zero-order valence-electron chi connectivity index (χ0n) is 21.7. The molecule has 0 amide bonds. The quantitative estimate of drug-likeness (QED) is 0.190. The summed E-state index contributed by atoms with van der Waals surface area (Å²) in [6, 6.07) is 3.45. The highest BCUT2D eigenvalue weighted by Gasteiger charge is 2.44. The van der Waals surface area contributed by atoms with Crippen LogP contribution in [-0.2, 0) is 21.2 Å². The van der Waals surface area contributed by atoms with Crippen LogP contribution in [0.5, 0.6) is 0 Å². The molecule has 4 heterocycles. The number of hydrogen-bond donors (Lipinski definition) is 5. The number of ether oxygens (including phenoxy) is 1. The van der Waals surface area contributed by atoms with E-state index in [0.717, 1.165) is 43.9 Å². The van der Waals surface area contributed by atoms with E-state index >= 15 is 0 Å². The number of primary sulfonamides is 1. The van der Waals surface area contributed by atoms with Gasteiger partial charge in [0.1, 0.15) is 24.1 Å². The SMILES string of the molecule is NS(=O)(=O)c1ccc(F)cc1Cc1cnn(-c2nc(NC3CCCC3)c3ncn([C@@H]4O[C@H](CO)C(O)C4O)c3n2)c1. The normalized spacial score (nSPS) is 23.5.